The highest BCUT2D eigenvalue weighted by atomic mass is 16.5. The van der Waals surface area contributed by atoms with Crippen molar-refractivity contribution in [1.29, 1.82) is 0 Å². The topological polar surface area (TPSA) is 95.9 Å². The molecule has 0 radical (unpaired) electrons. The third-order valence-electron chi connectivity index (χ3n) is 15.2. The van der Waals surface area contributed by atoms with Crippen molar-refractivity contribution < 1.29 is 24.5 Å². The van der Waals surface area contributed by atoms with Crippen molar-refractivity contribution in [2.24, 2.45) is 0 Å². The van der Waals surface area contributed by atoms with Crippen LogP contribution in [0.4, 0.5) is 0 Å². The Balaban J connectivity index is 3.32. The number of hydrogen-bond acceptors (Lipinski definition) is 5. The number of nitrogens with one attached hydrogen (secondary N) is 1. The van der Waals surface area contributed by atoms with Crippen molar-refractivity contribution in [1.82, 2.24) is 5.32 Å². The Morgan fingerprint density at radius 3 is 0.986 bits per heavy atom. The highest BCUT2D eigenvalue weighted by Gasteiger charge is 2.18. The Kier molecular flexibility index (Phi) is 60.5. The Labute approximate surface area is 450 Å². The van der Waals surface area contributed by atoms with Gasteiger partial charge in [-0.1, -0.05) is 314 Å². The summed E-state index contributed by atoms with van der Waals surface area (Å²) in [6.45, 7) is 4.90. The number of aliphatic hydroxyl groups excluding tert-OH is 2. The molecule has 426 valence electrons. The van der Waals surface area contributed by atoms with Crippen molar-refractivity contribution in [3.8, 4) is 0 Å². The van der Waals surface area contributed by atoms with Gasteiger partial charge in [-0.2, -0.15) is 0 Å². The number of ether oxygens (including phenoxy) is 1. The number of esters is 1. The van der Waals surface area contributed by atoms with E-state index in [2.05, 4.69) is 31.3 Å². The molecule has 2 unspecified atom stereocenters. The van der Waals surface area contributed by atoms with E-state index in [1.54, 1.807) is 6.08 Å². The van der Waals surface area contributed by atoms with Gasteiger partial charge in [-0.05, 0) is 57.8 Å². The van der Waals surface area contributed by atoms with E-state index in [4.69, 9.17) is 4.74 Å². The van der Waals surface area contributed by atoms with E-state index in [-0.39, 0.29) is 18.5 Å². The van der Waals surface area contributed by atoms with E-state index in [9.17, 15) is 19.8 Å². The lowest BCUT2D eigenvalue weighted by atomic mass is 10.0. The highest BCUT2D eigenvalue weighted by molar-refractivity contribution is 5.76. The second-order valence-electron chi connectivity index (χ2n) is 22.5. The number of hydrogen-bond donors (Lipinski definition) is 3. The van der Waals surface area contributed by atoms with Crippen molar-refractivity contribution in [3.63, 3.8) is 0 Å². The van der Waals surface area contributed by atoms with E-state index >= 15 is 0 Å². The van der Waals surface area contributed by atoms with Crippen LogP contribution in [0.1, 0.15) is 361 Å². The van der Waals surface area contributed by atoms with Gasteiger partial charge in [0.25, 0.3) is 0 Å². The summed E-state index contributed by atoms with van der Waals surface area (Å²) in [5.74, 6) is -0.0502. The molecule has 0 aromatic heterocycles. The second-order valence-corrected chi connectivity index (χ2v) is 22.5. The fourth-order valence-electron chi connectivity index (χ4n) is 10.2. The van der Waals surface area contributed by atoms with Crippen LogP contribution in [-0.4, -0.2) is 47.4 Å². The van der Waals surface area contributed by atoms with E-state index in [1.807, 2.05) is 6.08 Å². The smallest absolute Gasteiger partial charge is 0.305 e. The summed E-state index contributed by atoms with van der Waals surface area (Å²) in [7, 11) is 0. The summed E-state index contributed by atoms with van der Waals surface area (Å²) in [5.41, 5.74) is 0. The van der Waals surface area contributed by atoms with Crippen LogP contribution in [0.2, 0.25) is 0 Å². The highest BCUT2D eigenvalue weighted by Crippen LogP contribution is 2.18. The summed E-state index contributed by atoms with van der Waals surface area (Å²) in [4.78, 5) is 24.5. The van der Waals surface area contributed by atoms with Gasteiger partial charge in [0.1, 0.15) is 0 Å². The lowest BCUT2D eigenvalue weighted by Crippen LogP contribution is -2.45. The second kappa shape index (κ2) is 61.9. The number of unbranched alkanes of at least 4 members (excludes halogenated alkanes) is 48. The number of carbonyl (C=O) groups is 2. The van der Waals surface area contributed by atoms with Crippen molar-refractivity contribution >= 4 is 11.9 Å². The minimum Gasteiger partial charge on any atom is -0.466 e. The molecule has 0 saturated carbocycles. The molecular formula is C66H127NO5. The normalized spacial score (nSPS) is 12.7. The van der Waals surface area contributed by atoms with Crippen LogP contribution < -0.4 is 5.32 Å². The maximum atomic E-state index is 12.4. The molecule has 6 nitrogen and oxygen atoms in total. The molecular weight excluding hydrogens is 887 g/mol. The first-order valence-electron chi connectivity index (χ1n) is 32.6. The van der Waals surface area contributed by atoms with Crippen LogP contribution >= 0.6 is 0 Å². The molecule has 3 N–H and O–H groups in total. The van der Waals surface area contributed by atoms with Gasteiger partial charge in [-0.15, -0.1) is 0 Å². The molecule has 0 bridgehead atoms. The average Bonchev–Trinajstić information content (AvgIpc) is 3.38. The molecule has 0 heterocycles. The van der Waals surface area contributed by atoms with Crippen LogP contribution in [0.25, 0.3) is 0 Å². The zero-order chi connectivity index (χ0) is 52.2. The number of carbonyl (C=O) groups excluding carboxylic acids is 2. The SMILES string of the molecule is CCCCCCCC/C=C\CCCCCCCCCC(=O)OCCCCCCCCCCCCCCCCCCCCCCCCCCCCCCC(=O)NC(CO)C(O)/C=C/CCCCCCCCCC. The van der Waals surface area contributed by atoms with Gasteiger partial charge in [-0.25, -0.2) is 0 Å². The Hall–Kier alpha value is -1.66. The molecule has 0 spiro atoms. The summed E-state index contributed by atoms with van der Waals surface area (Å²) in [5, 5.41) is 23.0. The molecule has 72 heavy (non-hydrogen) atoms. The fraction of sp³-hybridized carbons (Fsp3) is 0.909. The van der Waals surface area contributed by atoms with Crippen LogP contribution in [-0.2, 0) is 14.3 Å². The number of allylic oxidation sites excluding steroid dienone is 3. The summed E-state index contributed by atoms with van der Waals surface area (Å²) >= 11 is 0. The molecule has 0 rings (SSSR count). The van der Waals surface area contributed by atoms with Crippen LogP contribution in [0.5, 0.6) is 0 Å². The third kappa shape index (κ3) is 57.6. The van der Waals surface area contributed by atoms with Gasteiger partial charge in [0.05, 0.1) is 25.4 Å². The molecule has 1 amide bonds. The first kappa shape index (κ1) is 70.3. The van der Waals surface area contributed by atoms with Gasteiger partial charge >= 0.3 is 5.97 Å². The monoisotopic (exact) mass is 1010 g/mol. The fourth-order valence-corrected chi connectivity index (χ4v) is 10.2. The zero-order valence-corrected chi connectivity index (χ0v) is 48.7. The molecule has 0 fully saturated rings. The lowest BCUT2D eigenvalue weighted by molar-refractivity contribution is -0.143. The molecule has 0 aromatic carbocycles. The first-order valence-corrected chi connectivity index (χ1v) is 32.6. The Morgan fingerprint density at radius 2 is 0.653 bits per heavy atom. The van der Waals surface area contributed by atoms with Gasteiger partial charge in [0.15, 0.2) is 0 Å². The summed E-state index contributed by atoms with van der Waals surface area (Å²) in [6, 6.07) is -0.623. The van der Waals surface area contributed by atoms with Gasteiger partial charge in [0.2, 0.25) is 5.91 Å². The number of rotatable bonds is 61. The predicted octanol–water partition coefficient (Wildman–Crippen LogP) is 20.6. The van der Waals surface area contributed by atoms with E-state index in [1.165, 1.54) is 289 Å². The molecule has 0 aliphatic rings. The minimum absolute atomic E-state index is 0.0154. The van der Waals surface area contributed by atoms with Crippen LogP contribution in [0.15, 0.2) is 24.3 Å². The largest absolute Gasteiger partial charge is 0.466 e. The van der Waals surface area contributed by atoms with Crippen molar-refractivity contribution in [2.45, 2.75) is 373 Å². The molecule has 6 heteroatoms. The minimum atomic E-state index is -0.840. The first-order chi connectivity index (χ1) is 35.5. The Bertz CT molecular complexity index is 1120. The van der Waals surface area contributed by atoms with Gasteiger partial charge in [-0.3, -0.25) is 9.59 Å². The standard InChI is InChI=1S/C66H127NO5/c1-3-5-7-9-11-13-15-16-17-30-34-37-40-44-48-52-56-60-66(71)72-61-57-53-49-45-41-38-35-32-29-27-25-23-21-19-18-20-22-24-26-28-31-33-36-39-43-47-51-55-59-65(70)67-63(62-68)64(69)58-54-50-46-42-14-12-10-8-6-4-2/h16-17,54,58,63-64,68-69H,3-15,18-53,55-57,59-62H2,1-2H3,(H,67,70)/b17-16-,58-54+. The molecule has 0 aromatic rings. The third-order valence-corrected chi connectivity index (χ3v) is 15.2. The van der Waals surface area contributed by atoms with E-state index < -0.39 is 12.1 Å². The Morgan fingerprint density at radius 1 is 0.375 bits per heavy atom. The van der Waals surface area contributed by atoms with E-state index in [0.717, 1.165) is 44.9 Å². The van der Waals surface area contributed by atoms with Crippen LogP contribution in [0.3, 0.4) is 0 Å². The molecule has 0 aliphatic carbocycles. The van der Waals surface area contributed by atoms with Gasteiger partial charge in [0, 0.05) is 12.8 Å². The maximum Gasteiger partial charge on any atom is 0.305 e. The maximum absolute atomic E-state index is 12.4. The van der Waals surface area contributed by atoms with Crippen molar-refractivity contribution in [3.05, 3.63) is 24.3 Å². The molecule has 0 aliphatic heterocycles. The quantitative estimate of drug-likeness (QED) is 0.0320. The van der Waals surface area contributed by atoms with Crippen LogP contribution in [0, 0.1) is 0 Å². The predicted molar refractivity (Wildman–Crippen MR) is 315 cm³/mol. The number of amides is 1. The lowest BCUT2D eigenvalue weighted by Gasteiger charge is -2.20. The molecule has 0 saturated heterocycles. The van der Waals surface area contributed by atoms with E-state index in [0.29, 0.717) is 19.4 Å². The zero-order valence-electron chi connectivity index (χ0n) is 48.7. The summed E-state index contributed by atoms with van der Waals surface area (Å²) < 4.78 is 5.50. The van der Waals surface area contributed by atoms with Crippen molar-refractivity contribution in [2.75, 3.05) is 13.2 Å². The number of aliphatic hydroxyl groups is 2. The average molecular weight is 1010 g/mol. The van der Waals surface area contributed by atoms with Gasteiger partial charge < -0.3 is 20.3 Å². The molecule has 2 atom stereocenters. The summed E-state index contributed by atoms with van der Waals surface area (Å²) in [6.07, 6.45) is 76.8.